The number of hydrogen-bond acceptors (Lipinski definition) is 5. The lowest BCUT2D eigenvalue weighted by Crippen LogP contribution is -2.18. The Morgan fingerprint density at radius 3 is 2.90 bits per heavy atom. The minimum absolute atomic E-state index is 0.0659. The topological polar surface area (TPSA) is 74.2 Å². The van der Waals surface area contributed by atoms with Crippen molar-refractivity contribution in [2.45, 2.75) is 39.3 Å². The van der Waals surface area contributed by atoms with E-state index in [0.717, 1.165) is 5.56 Å². The van der Waals surface area contributed by atoms with Gasteiger partial charge in [0.05, 0.1) is 0 Å². The molecule has 1 aromatic heterocycles. The van der Waals surface area contributed by atoms with Gasteiger partial charge in [-0.3, -0.25) is 0 Å². The number of aryl methyl sites for hydroxylation is 1. The third kappa shape index (κ3) is 3.54. The zero-order chi connectivity index (χ0) is 14.5. The summed E-state index contributed by atoms with van der Waals surface area (Å²) in [5.74, 6) is 0.722. The first-order valence-electron chi connectivity index (χ1n) is 6.57. The molecule has 108 valence electrons. The quantitative estimate of drug-likeness (QED) is 0.877. The van der Waals surface area contributed by atoms with E-state index in [1.807, 2.05) is 13.8 Å². The second kappa shape index (κ2) is 6.47. The van der Waals surface area contributed by atoms with E-state index < -0.39 is 5.82 Å². The first-order valence-corrected chi connectivity index (χ1v) is 6.57. The zero-order valence-corrected chi connectivity index (χ0v) is 11.6. The summed E-state index contributed by atoms with van der Waals surface area (Å²) < 4.78 is 24.3. The number of halogens is 1. The second-order valence-electron chi connectivity index (χ2n) is 4.66. The number of ether oxygens (including phenoxy) is 1. The van der Waals surface area contributed by atoms with E-state index in [4.69, 9.17) is 15.0 Å². The SMILES string of the molecule is CCc1nc(COc2c(F)cccc2CC(C)N)no1. The molecule has 5 nitrogen and oxygen atoms in total. The van der Waals surface area contributed by atoms with Crippen LogP contribution in [0.4, 0.5) is 4.39 Å². The lowest BCUT2D eigenvalue weighted by molar-refractivity contribution is 0.269. The molecule has 0 saturated carbocycles. The van der Waals surface area contributed by atoms with Crippen molar-refractivity contribution >= 4 is 0 Å². The predicted molar refractivity (Wildman–Crippen MR) is 71.8 cm³/mol. The number of hydrogen-bond donors (Lipinski definition) is 1. The summed E-state index contributed by atoms with van der Waals surface area (Å²) in [5, 5.41) is 3.76. The summed E-state index contributed by atoms with van der Waals surface area (Å²) in [4.78, 5) is 4.11. The van der Waals surface area contributed by atoms with Gasteiger partial charge in [-0.15, -0.1) is 0 Å². The maximum absolute atomic E-state index is 13.8. The van der Waals surface area contributed by atoms with E-state index in [-0.39, 0.29) is 18.4 Å². The molecule has 0 amide bonds. The Labute approximate surface area is 116 Å². The van der Waals surface area contributed by atoms with E-state index >= 15 is 0 Å². The van der Waals surface area contributed by atoms with Crippen LogP contribution in [0.2, 0.25) is 0 Å². The maximum Gasteiger partial charge on any atom is 0.226 e. The van der Waals surface area contributed by atoms with Gasteiger partial charge < -0.3 is 15.0 Å². The molecule has 2 rings (SSSR count). The highest BCUT2D eigenvalue weighted by Crippen LogP contribution is 2.24. The Balaban J connectivity index is 2.11. The van der Waals surface area contributed by atoms with Crippen LogP contribution in [-0.2, 0) is 19.4 Å². The van der Waals surface area contributed by atoms with Gasteiger partial charge in [0.1, 0.15) is 0 Å². The average molecular weight is 279 g/mol. The smallest absolute Gasteiger partial charge is 0.226 e. The number of aromatic nitrogens is 2. The fourth-order valence-electron chi connectivity index (χ4n) is 1.85. The lowest BCUT2D eigenvalue weighted by Gasteiger charge is -2.12. The minimum atomic E-state index is -0.414. The highest BCUT2D eigenvalue weighted by atomic mass is 19.1. The number of para-hydroxylation sites is 1. The van der Waals surface area contributed by atoms with Crippen LogP contribution < -0.4 is 10.5 Å². The molecule has 1 heterocycles. The summed E-state index contributed by atoms with van der Waals surface area (Å²) in [7, 11) is 0. The van der Waals surface area contributed by atoms with Gasteiger partial charge >= 0.3 is 0 Å². The van der Waals surface area contributed by atoms with Crippen LogP contribution >= 0.6 is 0 Å². The predicted octanol–water partition coefficient (Wildman–Crippen LogP) is 2.24. The van der Waals surface area contributed by atoms with Crippen molar-refractivity contribution in [3.05, 3.63) is 41.3 Å². The number of benzene rings is 1. The third-order valence-electron chi connectivity index (χ3n) is 2.75. The van der Waals surface area contributed by atoms with Gasteiger partial charge in [0.25, 0.3) is 0 Å². The first-order chi connectivity index (χ1) is 9.60. The highest BCUT2D eigenvalue weighted by Gasteiger charge is 2.13. The van der Waals surface area contributed by atoms with Crippen LogP contribution in [0.25, 0.3) is 0 Å². The minimum Gasteiger partial charge on any atom is -0.482 e. The summed E-state index contributed by atoms with van der Waals surface area (Å²) in [5.41, 5.74) is 6.49. The highest BCUT2D eigenvalue weighted by molar-refractivity contribution is 5.35. The van der Waals surface area contributed by atoms with E-state index in [1.165, 1.54) is 6.07 Å². The second-order valence-corrected chi connectivity index (χ2v) is 4.66. The van der Waals surface area contributed by atoms with Crippen molar-refractivity contribution in [2.24, 2.45) is 5.73 Å². The molecule has 6 heteroatoms. The van der Waals surface area contributed by atoms with Crippen molar-refractivity contribution < 1.29 is 13.7 Å². The summed E-state index contributed by atoms with van der Waals surface area (Å²) in [6.45, 7) is 3.84. The van der Waals surface area contributed by atoms with Gasteiger partial charge in [-0.25, -0.2) is 4.39 Å². The Morgan fingerprint density at radius 1 is 1.45 bits per heavy atom. The molecule has 0 bridgehead atoms. The summed E-state index contributed by atoms with van der Waals surface area (Å²) in [6, 6.07) is 4.73. The monoisotopic (exact) mass is 279 g/mol. The van der Waals surface area contributed by atoms with E-state index in [2.05, 4.69) is 10.1 Å². The van der Waals surface area contributed by atoms with Crippen LogP contribution in [0.15, 0.2) is 22.7 Å². The van der Waals surface area contributed by atoms with Gasteiger partial charge in [-0.05, 0) is 25.0 Å². The van der Waals surface area contributed by atoms with Crippen molar-refractivity contribution in [3.63, 3.8) is 0 Å². The molecule has 0 aliphatic rings. The van der Waals surface area contributed by atoms with Crippen molar-refractivity contribution in [1.82, 2.24) is 10.1 Å². The van der Waals surface area contributed by atoms with Crippen LogP contribution in [0.1, 0.15) is 31.1 Å². The van der Waals surface area contributed by atoms with Gasteiger partial charge in [0.2, 0.25) is 11.7 Å². The number of rotatable bonds is 6. The normalized spacial score (nSPS) is 12.4. The summed E-state index contributed by atoms with van der Waals surface area (Å²) >= 11 is 0. The first kappa shape index (κ1) is 14.5. The Kier molecular flexibility index (Phi) is 4.68. The molecule has 2 N–H and O–H groups in total. The molecule has 20 heavy (non-hydrogen) atoms. The van der Waals surface area contributed by atoms with Crippen LogP contribution in [-0.4, -0.2) is 16.2 Å². The molecule has 0 spiro atoms. The molecule has 0 fully saturated rings. The molecule has 0 radical (unpaired) electrons. The molecule has 0 saturated heterocycles. The van der Waals surface area contributed by atoms with Crippen LogP contribution in [0, 0.1) is 5.82 Å². The molecular weight excluding hydrogens is 261 g/mol. The number of nitrogens with two attached hydrogens (primary N) is 1. The van der Waals surface area contributed by atoms with Crippen molar-refractivity contribution in [2.75, 3.05) is 0 Å². The van der Waals surface area contributed by atoms with Gasteiger partial charge in [0.15, 0.2) is 18.2 Å². The Hall–Kier alpha value is -1.95. The van der Waals surface area contributed by atoms with E-state index in [1.54, 1.807) is 12.1 Å². The molecule has 1 atom stereocenters. The summed E-state index contributed by atoms with van der Waals surface area (Å²) in [6.07, 6.45) is 1.20. The zero-order valence-electron chi connectivity index (χ0n) is 11.6. The largest absolute Gasteiger partial charge is 0.482 e. The van der Waals surface area contributed by atoms with E-state index in [9.17, 15) is 4.39 Å². The third-order valence-corrected chi connectivity index (χ3v) is 2.75. The molecule has 1 unspecified atom stereocenters. The van der Waals surface area contributed by atoms with Gasteiger partial charge in [-0.1, -0.05) is 24.2 Å². The van der Waals surface area contributed by atoms with Crippen LogP contribution in [0.3, 0.4) is 0 Å². The number of nitrogens with zero attached hydrogens (tertiary/aromatic N) is 2. The van der Waals surface area contributed by atoms with Gasteiger partial charge in [-0.2, -0.15) is 4.98 Å². The van der Waals surface area contributed by atoms with Crippen molar-refractivity contribution in [1.29, 1.82) is 0 Å². The van der Waals surface area contributed by atoms with Crippen molar-refractivity contribution in [3.8, 4) is 5.75 Å². The Morgan fingerprint density at radius 2 is 2.25 bits per heavy atom. The van der Waals surface area contributed by atoms with Crippen LogP contribution in [0.5, 0.6) is 5.75 Å². The molecule has 1 aromatic carbocycles. The fourth-order valence-corrected chi connectivity index (χ4v) is 1.85. The standard InChI is InChI=1S/C14H18FN3O2/c1-3-13-17-12(18-20-13)8-19-14-10(7-9(2)16)5-4-6-11(14)15/h4-6,9H,3,7-8,16H2,1-2H3. The van der Waals surface area contributed by atoms with E-state index in [0.29, 0.717) is 24.6 Å². The molecule has 2 aromatic rings. The van der Waals surface area contributed by atoms with Gasteiger partial charge in [0, 0.05) is 12.5 Å². The molecule has 0 aliphatic heterocycles. The maximum atomic E-state index is 13.8. The average Bonchev–Trinajstić information content (AvgIpc) is 2.85. The molecule has 0 aliphatic carbocycles. The fraction of sp³-hybridized carbons (Fsp3) is 0.429. The lowest BCUT2D eigenvalue weighted by atomic mass is 10.1. The Bertz CT molecular complexity index is 569. The molecular formula is C14H18FN3O2.